The molecule has 1 heterocycles. The topological polar surface area (TPSA) is 106 Å². The number of benzene rings is 1. The Morgan fingerprint density at radius 1 is 1.38 bits per heavy atom. The number of carbonyl (C=O) groups is 2. The Kier molecular flexibility index (Phi) is 4.91. The van der Waals surface area contributed by atoms with Crippen LogP contribution >= 0.6 is 0 Å². The number of methoxy groups -OCH3 is 1. The summed E-state index contributed by atoms with van der Waals surface area (Å²) in [5.41, 5.74) is 1.88. The van der Waals surface area contributed by atoms with E-state index in [4.69, 9.17) is 10.6 Å². The fourth-order valence-corrected chi connectivity index (χ4v) is 2.17. The summed E-state index contributed by atoms with van der Waals surface area (Å²) >= 11 is 0. The molecule has 0 saturated carbocycles. The summed E-state index contributed by atoms with van der Waals surface area (Å²) in [6.45, 7) is -0.318. The van der Waals surface area contributed by atoms with Crippen molar-refractivity contribution in [2.24, 2.45) is 5.90 Å². The molecule has 21 heavy (non-hydrogen) atoms. The van der Waals surface area contributed by atoms with Crippen LogP contribution in [0.2, 0.25) is 0 Å². The minimum absolute atomic E-state index is 0.312. The van der Waals surface area contributed by atoms with Gasteiger partial charge in [-0.3, -0.25) is 9.63 Å². The van der Waals surface area contributed by atoms with Gasteiger partial charge in [0.2, 0.25) is 5.91 Å². The smallest absolute Gasteiger partial charge is 0.328 e. The summed E-state index contributed by atoms with van der Waals surface area (Å²) in [6, 6.07) is 6.92. The molecule has 7 nitrogen and oxygen atoms in total. The number of nitrogens with one attached hydrogen (secondary N) is 2. The number of esters is 1. The standard InChI is InChI=1S/C14H17N3O4/c1-20-14(19)12(17-13(18)8-21-15)6-9-7-16-11-5-3-2-4-10(9)11/h2-5,7,12,16H,6,8,15H2,1H3,(H,17,18)/t12-/m0/s1. The number of fused-ring (bicyclic) bond motifs is 1. The van der Waals surface area contributed by atoms with E-state index in [-0.39, 0.29) is 6.61 Å². The number of ether oxygens (including phenoxy) is 1. The van der Waals surface area contributed by atoms with Crippen molar-refractivity contribution in [2.45, 2.75) is 12.5 Å². The second kappa shape index (κ2) is 6.87. The quantitative estimate of drug-likeness (QED) is 0.523. The van der Waals surface area contributed by atoms with E-state index in [0.717, 1.165) is 16.5 Å². The van der Waals surface area contributed by atoms with Crippen molar-refractivity contribution in [2.75, 3.05) is 13.7 Å². The largest absolute Gasteiger partial charge is 0.467 e. The van der Waals surface area contributed by atoms with E-state index >= 15 is 0 Å². The fourth-order valence-electron chi connectivity index (χ4n) is 2.17. The molecule has 0 aliphatic heterocycles. The number of hydrogen-bond donors (Lipinski definition) is 3. The highest BCUT2D eigenvalue weighted by Crippen LogP contribution is 2.19. The average Bonchev–Trinajstić information content (AvgIpc) is 2.89. The van der Waals surface area contributed by atoms with Gasteiger partial charge in [0.15, 0.2) is 0 Å². The zero-order valence-electron chi connectivity index (χ0n) is 11.6. The molecule has 0 bridgehead atoms. The maximum Gasteiger partial charge on any atom is 0.328 e. The molecule has 0 saturated heterocycles. The monoisotopic (exact) mass is 291 g/mol. The number of carbonyl (C=O) groups excluding carboxylic acids is 2. The second-order valence-electron chi connectivity index (χ2n) is 4.52. The first kappa shape index (κ1) is 15.0. The molecular weight excluding hydrogens is 274 g/mol. The number of amides is 1. The predicted molar refractivity (Wildman–Crippen MR) is 76.1 cm³/mol. The van der Waals surface area contributed by atoms with Crippen LogP contribution < -0.4 is 11.2 Å². The molecule has 0 aliphatic carbocycles. The summed E-state index contributed by atoms with van der Waals surface area (Å²) in [5.74, 6) is 3.84. The van der Waals surface area contributed by atoms with E-state index < -0.39 is 17.9 Å². The van der Waals surface area contributed by atoms with Gasteiger partial charge in [-0.2, -0.15) is 0 Å². The first-order valence-corrected chi connectivity index (χ1v) is 6.39. The Morgan fingerprint density at radius 3 is 2.86 bits per heavy atom. The molecule has 4 N–H and O–H groups in total. The number of aromatic nitrogens is 1. The third kappa shape index (κ3) is 3.59. The highest BCUT2D eigenvalue weighted by Gasteiger charge is 2.23. The van der Waals surface area contributed by atoms with Crippen molar-refractivity contribution < 1.29 is 19.2 Å². The van der Waals surface area contributed by atoms with Gasteiger partial charge in [-0.05, 0) is 11.6 Å². The zero-order valence-corrected chi connectivity index (χ0v) is 11.6. The Balaban J connectivity index is 2.18. The minimum atomic E-state index is -0.795. The first-order chi connectivity index (χ1) is 10.2. The third-order valence-electron chi connectivity index (χ3n) is 3.13. The number of aromatic amines is 1. The Hall–Kier alpha value is -2.38. The van der Waals surface area contributed by atoms with Crippen LogP contribution in [-0.4, -0.2) is 36.6 Å². The maximum absolute atomic E-state index is 11.8. The molecule has 0 fully saturated rings. The van der Waals surface area contributed by atoms with Crippen LogP contribution in [0.15, 0.2) is 30.5 Å². The molecule has 1 aromatic heterocycles. The second-order valence-corrected chi connectivity index (χ2v) is 4.52. The molecule has 1 aromatic carbocycles. The van der Waals surface area contributed by atoms with Gasteiger partial charge in [0, 0.05) is 23.5 Å². The molecular formula is C14H17N3O4. The summed E-state index contributed by atoms with van der Waals surface area (Å²) < 4.78 is 4.72. The number of H-pyrrole nitrogens is 1. The number of para-hydroxylation sites is 1. The predicted octanol–water partition coefficient (Wildman–Crippen LogP) is 0.258. The highest BCUT2D eigenvalue weighted by atomic mass is 16.6. The average molecular weight is 291 g/mol. The van der Waals surface area contributed by atoms with Crippen molar-refractivity contribution in [1.82, 2.24) is 10.3 Å². The lowest BCUT2D eigenvalue weighted by atomic mass is 10.0. The van der Waals surface area contributed by atoms with E-state index in [1.165, 1.54) is 7.11 Å². The normalized spacial score (nSPS) is 12.1. The molecule has 1 amide bonds. The van der Waals surface area contributed by atoms with Gasteiger partial charge in [-0.15, -0.1) is 0 Å². The van der Waals surface area contributed by atoms with Crippen molar-refractivity contribution in [3.05, 3.63) is 36.0 Å². The van der Waals surface area contributed by atoms with Crippen molar-refractivity contribution in [3.63, 3.8) is 0 Å². The third-order valence-corrected chi connectivity index (χ3v) is 3.13. The SMILES string of the molecule is COC(=O)[C@H](Cc1c[nH]c2ccccc12)NC(=O)CON. The number of rotatable bonds is 6. The van der Waals surface area contributed by atoms with Crippen LogP contribution in [0.5, 0.6) is 0 Å². The molecule has 0 spiro atoms. The van der Waals surface area contributed by atoms with Crippen LogP contribution in [-0.2, 0) is 25.6 Å². The molecule has 0 radical (unpaired) electrons. The van der Waals surface area contributed by atoms with Crippen molar-refractivity contribution in [3.8, 4) is 0 Å². The Labute approximate surface area is 121 Å². The molecule has 2 rings (SSSR count). The van der Waals surface area contributed by atoms with Crippen LogP contribution in [0, 0.1) is 0 Å². The van der Waals surface area contributed by atoms with Crippen LogP contribution in [0.1, 0.15) is 5.56 Å². The van der Waals surface area contributed by atoms with Gasteiger partial charge >= 0.3 is 5.97 Å². The summed E-state index contributed by atoms with van der Waals surface area (Å²) in [7, 11) is 1.27. The van der Waals surface area contributed by atoms with E-state index in [1.54, 1.807) is 0 Å². The van der Waals surface area contributed by atoms with Crippen molar-refractivity contribution in [1.29, 1.82) is 0 Å². The molecule has 1 atom stereocenters. The van der Waals surface area contributed by atoms with Gasteiger partial charge < -0.3 is 15.0 Å². The summed E-state index contributed by atoms with van der Waals surface area (Å²) in [4.78, 5) is 30.7. The molecule has 2 aromatic rings. The highest BCUT2D eigenvalue weighted by molar-refractivity contribution is 5.87. The van der Waals surface area contributed by atoms with Crippen LogP contribution in [0.25, 0.3) is 10.9 Å². The molecule has 7 heteroatoms. The van der Waals surface area contributed by atoms with Gasteiger partial charge in [0.1, 0.15) is 12.6 Å². The lowest BCUT2D eigenvalue weighted by Gasteiger charge is -2.15. The lowest BCUT2D eigenvalue weighted by molar-refractivity contribution is -0.145. The molecule has 0 aliphatic rings. The van der Waals surface area contributed by atoms with E-state index in [1.807, 2.05) is 30.5 Å². The van der Waals surface area contributed by atoms with E-state index in [2.05, 4.69) is 15.1 Å². The van der Waals surface area contributed by atoms with Crippen LogP contribution in [0.3, 0.4) is 0 Å². The van der Waals surface area contributed by atoms with Crippen LogP contribution in [0.4, 0.5) is 0 Å². The number of nitrogens with two attached hydrogens (primary N) is 1. The zero-order chi connectivity index (χ0) is 15.2. The van der Waals surface area contributed by atoms with Gasteiger partial charge in [-0.25, -0.2) is 10.7 Å². The molecule has 0 unspecified atom stereocenters. The van der Waals surface area contributed by atoms with E-state index in [0.29, 0.717) is 6.42 Å². The van der Waals surface area contributed by atoms with Gasteiger partial charge in [-0.1, -0.05) is 18.2 Å². The Bertz CT molecular complexity index is 638. The minimum Gasteiger partial charge on any atom is -0.467 e. The summed E-state index contributed by atoms with van der Waals surface area (Å²) in [6.07, 6.45) is 2.12. The van der Waals surface area contributed by atoms with Crippen molar-refractivity contribution >= 4 is 22.8 Å². The molecule has 112 valence electrons. The maximum atomic E-state index is 11.8. The lowest BCUT2D eigenvalue weighted by Crippen LogP contribution is -2.44. The van der Waals surface area contributed by atoms with Gasteiger partial charge in [0.05, 0.1) is 7.11 Å². The number of hydrogen-bond acceptors (Lipinski definition) is 5. The van der Waals surface area contributed by atoms with Gasteiger partial charge in [0.25, 0.3) is 0 Å². The first-order valence-electron chi connectivity index (χ1n) is 6.39. The van der Waals surface area contributed by atoms with E-state index in [9.17, 15) is 9.59 Å². The Morgan fingerprint density at radius 2 is 2.14 bits per heavy atom. The summed E-state index contributed by atoms with van der Waals surface area (Å²) in [5, 5.41) is 3.54. The fraction of sp³-hybridized carbons (Fsp3) is 0.286.